The first kappa shape index (κ1) is 15.3. The Morgan fingerprint density at radius 2 is 2.05 bits per heavy atom. The number of aliphatic hydroxyl groups excluding tert-OH is 1. The van der Waals surface area contributed by atoms with Crippen molar-refractivity contribution < 1.29 is 14.6 Å². The number of carbonyl (C=O) groups excluding carboxylic acids is 1. The summed E-state index contributed by atoms with van der Waals surface area (Å²) in [4.78, 5) is 11.7. The van der Waals surface area contributed by atoms with Crippen LogP contribution in [0, 0.1) is 5.41 Å². The van der Waals surface area contributed by atoms with Gasteiger partial charge >= 0.3 is 0 Å². The van der Waals surface area contributed by atoms with Gasteiger partial charge in [-0.05, 0) is 48.9 Å². The molecular weight excluding hydrogens is 322 g/mol. The molecule has 1 aromatic carbocycles. The second-order valence-electron chi connectivity index (χ2n) is 5.30. The lowest BCUT2D eigenvalue weighted by Crippen LogP contribution is -2.31. The molecule has 1 aliphatic rings. The molecule has 0 aliphatic heterocycles. The minimum Gasteiger partial charge on any atom is -0.493 e. The van der Waals surface area contributed by atoms with Gasteiger partial charge in [-0.3, -0.25) is 4.79 Å². The molecule has 0 atom stereocenters. The summed E-state index contributed by atoms with van der Waals surface area (Å²) in [5, 5.41) is 11.9. The van der Waals surface area contributed by atoms with Crippen molar-refractivity contribution in [2.75, 3.05) is 19.8 Å². The molecule has 1 aliphatic carbocycles. The van der Waals surface area contributed by atoms with Gasteiger partial charge in [-0.1, -0.05) is 15.9 Å². The predicted molar refractivity (Wildman–Crippen MR) is 80.6 cm³/mol. The number of hydrogen-bond donors (Lipinski definition) is 2. The normalized spacial score (nSPS) is 15.7. The monoisotopic (exact) mass is 341 g/mol. The Bertz CT molecular complexity index is 443. The first-order chi connectivity index (χ1) is 9.63. The first-order valence-electron chi connectivity index (χ1n) is 6.89. The van der Waals surface area contributed by atoms with E-state index in [4.69, 9.17) is 9.84 Å². The van der Waals surface area contributed by atoms with Crippen LogP contribution in [0.15, 0.2) is 28.7 Å². The van der Waals surface area contributed by atoms with Crippen LogP contribution in [0.4, 0.5) is 0 Å². The Morgan fingerprint density at radius 3 is 2.65 bits per heavy atom. The zero-order chi connectivity index (χ0) is 14.4. The van der Waals surface area contributed by atoms with E-state index in [9.17, 15) is 4.79 Å². The van der Waals surface area contributed by atoms with E-state index in [2.05, 4.69) is 21.2 Å². The largest absolute Gasteiger partial charge is 0.493 e. The molecule has 0 unspecified atom stereocenters. The Labute approximate surface area is 127 Å². The number of carbonyl (C=O) groups is 1. The molecule has 0 radical (unpaired) electrons. The van der Waals surface area contributed by atoms with E-state index < -0.39 is 0 Å². The summed E-state index contributed by atoms with van der Waals surface area (Å²) in [6.07, 6.45) is 3.33. The van der Waals surface area contributed by atoms with Crippen LogP contribution in [-0.2, 0) is 4.79 Å². The van der Waals surface area contributed by atoms with Crippen molar-refractivity contribution in [3.8, 4) is 5.75 Å². The zero-order valence-electron chi connectivity index (χ0n) is 11.4. The van der Waals surface area contributed by atoms with Crippen molar-refractivity contribution in [2.24, 2.45) is 5.41 Å². The minimum absolute atomic E-state index is 0.00586. The predicted octanol–water partition coefficient (Wildman–Crippen LogP) is 2.50. The number of amides is 1. The van der Waals surface area contributed by atoms with E-state index in [0.717, 1.165) is 29.5 Å². The van der Waals surface area contributed by atoms with Crippen LogP contribution < -0.4 is 10.1 Å². The van der Waals surface area contributed by atoms with Crippen LogP contribution in [-0.4, -0.2) is 30.8 Å². The number of benzene rings is 1. The highest BCUT2D eigenvalue weighted by molar-refractivity contribution is 9.10. The molecular formula is C15H20BrNO3. The molecule has 0 aromatic heterocycles. The summed E-state index contributed by atoms with van der Waals surface area (Å²) in [5.41, 5.74) is 0.164. The zero-order valence-corrected chi connectivity index (χ0v) is 13.0. The molecule has 0 saturated heterocycles. The average Bonchev–Trinajstić information content (AvgIpc) is 3.20. The lowest BCUT2D eigenvalue weighted by molar-refractivity contribution is -0.121. The van der Waals surface area contributed by atoms with Crippen molar-refractivity contribution in [3.63, 3.8) is 0 Å². The van der Waals surface area contributed by atoms with E-state index in [1.165, 1.54) is 0 Å². The van der Waals surface area contributed by atoms with Crippen molar-refractivity contribution in [1.29, 1.82) is 0 Å². The molecule has 1 aromatic rings. The van der Waals surface area contributed by atoms with E-state index in [-0.39, 0.29) is 17.9 Å². The maximum atomic E-state index is 11.7. The fourth-order valence-corrected chi connectivity index (χ4v) is 2.36. The van der Waals surface area contributed by atoms with Gasteiger partial charge < -0.3 is 15.2 Å². The molecule has 2 rings (SSSR count). The smallest absolute Gasteiger partial charge is 0.223 e. The number of aliphatic hydroxyl groups is 1. The number of rotatable bonds is 8. The van der Waals surface area contributed by atoms with Gasteiger partial charge in [0.05, 0.1) is 13.0 Å². The molecule has 110 valence electrons. The molecule has 1 saturated carbocycles. The number of ether oxygens (including phenoxy) is 1. The summed E-state index contributed by atoms with van der Waals surface area (Å²) in [6.45, 7) is 1.24. The van der Waals surface area contributed by atoms with Crippen molar-refractivity contribution in [1.82, 2.24) is 5.32 Å². The lowest BCUT2D eigenvalue weighted by atomic mass is 10.0. The third kappa shape index (κ3) is 4.80. The Balaban J connectivity index is 1.62. The van der Waals surface area contributed by atoms with Gasteiger partial charge in [0.15, 0.2) is 0 Å². The summed E-state index contributed by atoms with van der Waals surface area (Å²) in [5.74, 6) is 0.770. The number of halogens is 1. The number of nitrogens with one attached hydrogen (secondary N) is 1. The van der Waals surface area contributed by atoms with Gasteiger partial charge in [0, 0.05) is 17.6 Å². The van der Waals surface area contributed by atoms with Gasteiger partial charge in [0.2, 0.25) is 5.91 Å². The lowest BCUT2D eigenvalue weighted by Gasteiger charge is -2.14. The standard InChI is InChI=1S/C15H20BrNO3/c16-12-1-3-13(4-2-12)20-10-5-14(19)17-11-15(6-7-15)8-9-18/h1-4,18H,5-11H2,(H,17,19). The summed E-state index contributed by atoms with van der Waals surface area (Å²) in [7, 11) is 0. The molecule has 4 nitrogen and oxygen atoms in total. The summed E-state index contributed by atoms with van der Waals surface area (Å²) in [6, 6.07) is 7.53. The quantitative estimate of drug-likeness (QED) is 0.763. The van der Waals surface area contributed by atoms with Crippen LogP contribution in [0.2, 0.25) is 0 Å². The molecule has 0 spiro atoms. The maximum Gasteiger partial charge on any atom is 0.223 e. The number of hydrogen-bond acceptors (Lipinski definition) is 3. The van der Waals surface area contributed by atoms with Crippen LogP contribution in [0.3, 0.4) is 0 Å². The second kappa shape index (κ2) is 7.09. The van der Waals surface area contributed by atoms with E-state index in [1.54, 1.807) is 0 Å². The van der Waals surface area contributed by atoms with Gasteiger partial charge in [0.25, 0.3) is 0 Å². The third-order valence-corrected chi connectivity index (χ3v) is 4.20. The minimum atomic E-state index is 0.00586. The Morgan fingerprint density at radius 1 is 1.35 bits per heavy atom. The topological polar surface area (TPSA) is 58.6 Å². The molecule has 2 N–H and O–H groups in total. The highest BCUT2D eigenvalue weighted by atomic mass is 79.9. The molecule has 1 fully saturated rings. The van der Waals surface area contributed by atoms with Crippen molar-refractivity contribution >= 4 is 21.8 Å². The molecule has 1 amide bonds. The van der Waals surface area contributed by atoms with Gasteiger partial charge in [0.1, 0.15) is 5.75 Å². The van der Waals surface area contributed by atoms with Crippen LogP contribution in [0.5, 0.6) is 5.75 Å². The van der Waals surface area contributed by atoms with Gasteiger partial charge in [-0.15, -0.1) is 0 Å². The van der Waals surface area contributed by atoms with Gasteiger partial charge in [-0.2, -0.15) is 0 Å². The fourth-order valence-electron chi connectivity index (χ4n) is 2.10. The van der Waals surface area contributed by atoms with Crippen LogP contribution in [0.25, 0.3) is 0 Å². The SMILES string of the molecule is O=C(CCOc1ccc(Br)cc1)NCC1(CCO)CC1. The highest BCUT2D eigenvalue weighted by Gasteiger charge is 2.41. The molecule has 20 heavy (non-hydrogen) atoms. The Kier molecular flexibility index (Phi) is 5.43. The van der Waals surface area contributed by atoms with E-state index >= 15 is 0 Å². The summed E-state index contributed by atoms with van der Waals surface area (Å²) >= 11 is 3.36. The average molecular weight is 342 g/mol. The van der Waals surface area contributed by atoms with E-state index in [0.29, 0.717) is 19.6 Å². The van der Waals surface area contributed by atoms with Crippen LogP contribution in [0.1, 0.15) is 25.7 Å². The molecule has 0 heterocycles. The Hall–Kier alpha value is -1.07. The molecule has 0 bridgehead atoms. The van der Waals surface area contributed by atoms with Gasteiger partial charge in [-0.25, -0.2) is 0 Å². The van der Waals surface area contributed by atoms with Crippen molar-refractivity contribution in [2.45, 2.75) is 25.7 Å². The fraction of sp³-hybridized carbons (Fsp3) is 0.533. The summed E-state index contributed by atoms with van der Waals surface area (Å²) < 4.78 is 6.51. The second-order valence-corrected chi connectivity index (χ2v) is 6.22. The third-order valence-electron chi connectivity index (χ3n) is 3.67. The highest BCUT2D eigenvalue weighted by Crippen LogP contribution is 2.47. The molecule has 5 heteroatoms. The first-order valence-corrected chi connectivity index (χ1v) is 7.69. The van der Waals surface area contributed by atoms with Crippen LogP contribution >= 0.6 is 15.9 Å². The maximum absolute atomic E-state index is 11.7. The van der Waals surface area contributed by atoms with Crippen molar-refractivity contribution in [3.05, 3.63) is 28.7 Å². The van der Waals surface area contributed by atoms with E-state index in [1.807, 2.05) is 24.3 Å².